The van der Waals surface area contributed by atoms with Crippen molar-refractivity contribution in [2.24, 2.45) is 0 Å². The lowest BCUT2D eigenvalue weighted by Gasteiger charge is -2.13. The molecule has 0 saturated carbocycles. The lowest BCUT2D eigenvalue weighted by Crippen LogP contribution is -2.07. The Kier molecular flexibility index (Phi) is 7.54. The summed E-state index contributed by atoms with van der Waals surface area (Å²) in [5.74, 6) is 1.73. The highest BCUT2D eigenvalue weighted by atomic mass is 16.3. The standard InChI is InChI=1S/C57H34N4O/c1-2-12-35(13-3-1)37-24-27-40(28-25-37)55-58-56(42-29-26-36-14-4-5-17-41(36)34-42)60-57(59-55)61-49-32-30-38-15-6-8-18-43(38)51(49)47-22-10-20-45(53(47)61)46-21-11-23-48-52-44-19-9-7-16-39(44)31-33-50(52)62-54(46)48/h1-34H. The van der Waals surface area contributed by atoms with Gasteiger partial charge in [-0.2, -0.15) is 9.97 Å². The highest BCUT2D eigenvalue weighted by molar-refractivity contribution is 6.25. The molecule has 0 atom stereocenters. The van der Waals surface area contributed by atoms with Gasteiger partial charge >= 0.3 is 0 Å². The van der Waals surface area contributed by atoms with Crippen LogP contribution in [-0.2, 0) is 0 Å². The fraction of sp³-hybridized carbons (Fsp3) is 0. The molecular formula is C57H34N4O. The Hall–Kier alpha value is -8.41. The number of fused-ring (bicyclic) bond motifs is 11. The van der Waals surface area contributed by atoms with E-state index in [9.17, 15) is 0 Å². The van der Waals surface area contributed by atoms with Crippen molar-refractivity contribution in [3.05, 3.63) is 206 Å². The fourth-order valence-corrected chi connectivity index (χ4v) is 9.54. The molecule has 3 aromatic heterocycles. The molecule has 0 aliphatic carbocycles. The number of benzene rings is 10. The van der Waals surface area contributed by atoms with Crippen LogP contribution >= 0.6 is 0 Å². The maximum absolute atomic E-state index is 6.87. The second kappa shape index (κ2) is 13.6. The minimum atomic E-state index is 0.538. The minimum absolute atomic E-state index is 0.538. The summed E-state index contributed by atoms with van der Waals surface area (Å²) in [4.78, 5) is 16.0. The van der Waals surface area contributed by atoms with Gasteiger partial charge in [0.05, 0.1) is 11.0 Å². The van der Waals surface area contributed by atoms with Crippen LogP contribution in [0.4, 0.5) is 0 Å². The van der Waals surface area contributed by atoms with E-state index in [2.05, 4.69) is 205 Å². The Morgan fingerprint density at radius 1 is 0.355 bits per heavy atom. The van der Waals surface area contributed by atoms with Crippen molar-refractivity contribution < 1.29 is 4.42 Å². The molecule has 5 heteroatoms. The number of nitrogens with zero attached hydrogens (tertiary/aromatic N) is 4. The number of para-hydroxylation sites is 2. The molecule has 3 heterocycles. The second-order valence-corrected chi connectivity index (χ2v) is 16.0. The summed E-state index contributed by atoms with van der Waals surface area (Å²) in [6.07, 6.45) is 0. The predicted molar refractivity (Wildman–Crippen MR) is 256 cm³/mol. The quantitative estimate of drug-likeness (QED) is 0.174. The third-order valence-electron chi connectivity index (χ3n) is 12.4. The number of hydrogen-bond donors (Lipinski definition) is 0. The molecule has 0 aliphatic rings. The molecule has 0 saturated heterocycles. The van der Waals surface area contributed by atoms with Crippen molar-refractivity contribution in [2.45, 2.75) is 0 Å². The largest absolute Gasteiger partial charge is 0.455 e. The maximum atomic E-state index is 6.87. The Morgan fingerprint density at radius 2 is 0.919 bits per heavy atom. The lowest BCUT2D eigenvalue weighted by atomic mass is 9.97. The first-order chi connectivity index (χ1) is 30.7. The van der Waals surface area contributed by atoms with Crippen LogP contribution in [0.5, 0.6) is 0 Å². The topological polar surface area (TPSA) is 56.7 Å². The van der Waals surface area contributed by atoms with Crippen LogP contribution in [-0.4, -0.2) is 19.5 Å². The smallest absolute Gasteiger partial charge is 0.238 e. The first-order valence-electron chi connectivity index (χ1n) is 20.9. The first-order valence-corrected chi connectivity index (χ1v) is 20.9. The van der Waals surface area contributed by atoms with E-state index < -0.39 is 0 Å². The van der Waals surface area contributed by atoms with E-state index in [1.807, 2.05) is 6.07 Å². The van der Waals surface area contributed by atoms with Gasteiger partial charge in [-0.05, 0) is 61.6 Å². The molecular weight excluding hydrogens is 757 g/mol. The summed E-state index contributed by atoms with van der Waals surface area (Å²) in [7, 11) is 0. The van der Waals surface area contributed by atoms with Crippen LogP contribution < -0.4 is 0 Å². The van der Waals surface area contributed by atoms with Gasteiger partial charge in [0, 0.05) is 43.8 Å². The van der Waals surface area contributed by atoms with E-state index in [4.69, 9.17) is 19.4 Å². The molecule has 0 N–H and O–H groups in total. The van der Waals surface area contributed by atoms with Crippen molar-refractivity contribution in [1.29, 1.82) is 0 Å². The molecule has 13 rings (SSSR count). The van der Waals surface area contributed by atoms with E-state index in [-0.39, 0.29) is 0 Å². The van der Waals surface area contributed by atoms with Gasteiger partial charge in [0.25, 0.3) is 0 Å². The summed E-state index contributed by atoms with van der Waals surface area (Å²) in [6, 6.07) is 72.7. The van der Waals surface area contributed by atoms with E-state index in [0.717, 1.165) is 87.9 Å². The molecule has 10 aromatic carbocycles. The Labute approximate surface area is 355 Å². The molecule has 0 spiro atoms. The van der Waals surface area contributed by atoms with Gasteiger partial charge < -0.3 is 4.42 Å². The van der Waals surface area contributed by atoms with Gasteiger partial charge in [-0.25, -0.2) is 4.98 Å². The van der Waals surface area contributed by atoms with E-state index in [0.29, 0.717) is 17.6 Å². The Morgan fingerprint density at radius 3 is 1.71 bits per heavy atom. The summed E-state index contributed by atoms with van der Waals surface area (Å²) in [5.41, 5.74) is 9.86. The molecule has 62 heavy (non-hydrogen) atoms. The summed E-state index contributed by atoms with van der Waals surface area (Å²) in [5, 5.41) is 11.4. The molecule has 0 bridgehead atoms. The van der Waals surface area contributed by atoms with Crippen molar-refractivity contribution in [1.82, 2.24) is 19.5 Å². The van der Waals surface area contributed by atoms with Gasteiger partial charge in [-0.15, -0.1) is 0 Å². The second-order valence-electron chi connectivity index (χ2n) is 16.0. The highest BCUT2D eigenvalue weighted by Crippen LogP contribution is 2.45. The molecule has 0 unspecified atom stereocenters. The summed E-state index contributed by atoms with van der Waals surface area (Å²) >= 11 is 0. The maximum Gasteiger partial charge on any atom is 0.238 e. The molecule has 5 nitrogen and oxygen atoms in total. The predicted octanol–water partition coefficient (Wildman–Crippen LogP) is 15.0. The van der Waals surface area contributed by atoms with Crippen LogP contribution in [0.3, 0.4) is 0 Å². The molecule has 0 fully saturated rings. The van der Waals surface area contributed by atoms with Crippen LogP contribution in [0.2, 0.25) is 0 Å². The average Bonchev–Trinajstić information content (AvgIpc) is 3.91. The number of hydrogen-bond acceptors (Lipinski definition) is 4. The zero-order chi connectivity index (χ0) is 40.7. The fourth-order valence-electron chi connectivity index (χ4n) is 9.54. The molecule has 0 amide bonds. The lowest BCUT2D eigenvalue weighted by molar-refractivity contribution is 0.670. The third kappa shape index (κ3) is 5.32. The SMILES string of the molecule is c1ccc(-c2ccc(-c3nc(-c4ccc5ccccc5c4)nc(-n4c5ccc6ccccc6c5c5cccc(-c6cccc7c6oc6ccc8ccccc8c67)c54)n3)cc2)cc1. The molecule has 288 valence electrons. The summed E-state index contributed by atoms with van der Waals surface area (Å²) < 4.78 is 9.11. The van der Waals surface area contributed by atoms with E-state index in [1.165, 1.54) is 21.5 Å². The molecule has 0 aliphatic heterocycles. The monoisotopic (exact) mass is 790 g/mol. The normalized spacial score (nSPS) is 11.9. The summed E-state index contributed by atoms with van der Waals surface area (Å²) in [6.45, 7) is 0. The van der Waals surface area contributed by atoms with Crippen LogP contribution in [0.25, 0.3) is 127 Å². The minimum Gasteiger partial charge on any atom is -0.455 e. The third-order valence-corrected chi connectivity index (χ3v) is 12.4. The Balaban J connectivity index is 1.12. The van der Waals surface area contributed by atoms with E-state index in [1.54, 1.807) is 0 Å². The Bertz CT molecular complexity index is 3920. The van der Waals surface area contributed by atoms with E-state index >= 15 is 0 Å². The molecule has 13 aromatic rings. The first kappa shape index (κ1) is 34.5. The van der Waals surface area contributed by atoms with Crippen LogP contribution in [0.15, 0.2) is 211 Å². The van der Waals surface area contributed by atoms with Crippen molar-refractivity contribution in [3.63, 3.8) is 0 Å². The number of aromatic nitrogens is 4. The van der Waals surface area contributed by atoms with Crippen molar-refractivity contribution in [3.8, 4) is 51.0 Å². The van der Waals surface area contributed by atoms with Gasteiger partial charge in [-0.1, -0.05) is 188 Å². The van der Waals surface area contributed by atoms with Gasteiger partial charge in [0.15, 0.2) is 11.6 Å². The number of furan rings is 1. The van der Waals surface area contributed by atoms with Crippen molar-refractivity contribution >= 4 is 76.1 Å². The zero-order valence-corrected chi connectivity index (χ0v) is 33.3. The zero-order valence-electron chi connectivity index (χ0n) is 33.3. The van der Waals surface area contributed by atoms with Gasteiger partial charge in [-0.3, -0.25) is 4.57 Å². The molecule has 0 radical (unpaired) electrons. The van der Waals surface area contributed by atoms with Gasteiger partial charge in [0.1, 0.15) is 11.2 Å². The average molecular weight is 791 g/mol. The van der Waals surface area contributed by atoms with Crippen LogP contribution in [0.1, 0.15) is 0 Å². The number of rotatable bonds is 5. The van der Waals surface area contributed by atoms with Gasteiger partial charge in [0.2, 0.25) is 5.95 Å². The van der Waals surface area contributed by atoms with Crippen molar-refractivity contribution in [2.75, 3.05) is 0 Å². The van der Waals surface area contributed by atoms with Crippen LogP contribution in [0, 0.1) is 0 Å². The highest BCUT2D eigenvalue weighted by Gasteiger charge is 2.24.